The van der Waals surface area contributed by atoms with Crippen LogP contribution in [0.5, 0.6) is 0 Å². The van der Waals surface area contributed by atoms with E-state index in [2.05, 4.69) is 18.2 Å². The highest BCUT2D eigenvalue weighted by Gasteiger charge is 2.46. The Morgan fingerprint density at radius 2 is 1.87 bits per heavy atom. The summed E-state index contributed by atoms with van der Waals surface area (Å²) in [4.78, 5) is 0. The molecule has 15 heavy (non-hydrogen) atoms. The monoisotopic (exact) mass is 200 g/mol. The molecule has 0 bridgehead atoms. The van der Waals surface area contributed by atoms with Crippen LogP contribution >= 0.6 is 0 Å². The molecule has 1 aliphatic rings. The first-order valence-electron chi connectivity index (χ1n) is 5.09. The lowest BCUT2D eigenvalue weighted by atomic mass is 9.94. The highest BCUT2D eigenvalue weighted by atomic mass is 16.6. The van der Waals surface area contributed by atoms with Gasteiger partial charge in [0.25, 0.3) is 0 Å². The molecule has 2 nitrogen and oxygen atoms in total. The topological polar surface area (TPSA) is 32.8 Å². The van der Waals surface area contributed by atoms with Gasteiger partial charge in [-0.05, 0) is 16.3 Å². The molecule has 76 valence electrons. The molecule has 0 amide bonds. The molecule has 1 atom stereocenters. The van der Waals surface area contributed by atoms with Crippen LogP contribution in [-0.4, -0.2) is 18.3 Å². The number of hydrogen-bond donors (Lipinski definition) is 1. The summed E-state index contributed by atoms with van der Waals surface area (Å²) >= 11 is 0. The number of aliphatic hydroxyl groups is 1. The minimum Gasteiger partial charge on any atom is -0.393 e. The zero-order valence-corrected chi connectivity index (χ0v) is 8.31. The maximum Gasteiger partial charge on any atom is 0.140 e. The lowest BCUT2D eigenvalue weighted by Crippen LogP contribution is -2.14. The van der Waals surface area contributed by atoms with Gasteiger partial charge in [-0.3, -0.25) is 0 Å². The van der Waals surface area contributed by atoms with E-state index in [0.717, 1.165) is 5.56 Å². The summed E-state index contributed by atoms with van der Waals surface area (Å²) in [5.74, 6) is 0. The highest BCUT2D eigenvalue weighted by Crippen LogP contribution is 2.41. The molecule has 2 aromatic carbocycles. The van der Waals surface area contributed by atoms with Crippen molar-refractivity contribution in [2.75, 3.05) is 13.2 Å². The summed E-state index contributed by atoms with van der Waals surface area (Å²) in [6, 6.07) is 14.3. The third-order valence-electron chi connectivity index (χ3n) is 3.03. The van der Waals surface area contributed by atoms with Gasteiger partial charge in [-0.1, -0.05) is 42.5 Å². The van der Waals surface area contributed by atoms with Gasteiger partial charge in [-0.25, -0.2) is 0 Å². The summed E-state index contributed by atoms with van der Waals surface area (Å²) in [5.41, 5.74) is 0.670. The Morgan fingerprint density at radius 3 is 2.60 bits per heavy atom. The fourth-order valence-electron chi connectivity index (χ4n) is 2.04. The quantitative estimate of drug-likeness (QED) is 0.752. The maximum absolute atomic E-state index is 9.34. The molecule has 2 aromatic rings. The largest absolute Gasteiger partial charge is 0.393 e. The van der Waals surface area contributed by atoms with E-state index in [1.165, 1.54) is 10.8 Å². The van der Waals surface area contributed by atoms with Crippen LogP contribution in [0.25, 0.3) is 10.8 Å². The van der Waals surface area contributed by atoms with Crippen LogP contribution in [0.4, 0.5) is 0 Å². The van der Waals surface area contributed by atoms with Crippen molar-refractivity contribution in [2.24, 2.45) is 0 Å². The van der Waals surface area contributed by atoms with E-state index in [0.29, 0.717) is 6.61 Å². The molecule has 0 aromatic heterocycles. The second-order valence-electron chi connectivity index (χ2n) is 3.97. The molecular weight excluding hydrogens is 188 g/mol. The number of aliphatic hydroxyl groups excluding tert-OH is 1. The van der Waals surface area contributed by atoms with Crippen molar-refractivity contribution in [3.63, 3.8) is 0 Å². The lowest BCUT2D eigenvalue weighted by Gasteiger charge is -2.11. The summed E-state index contributed by atoms with van der Waals surface area (Å²) in [6.45, 7) is 0.679. The third-order valence-corrected chi connectivity index (χ3v) is 3.03. The summed E-state index contributed by atoms with van der Waals surface area (Å²) in [6.07, 6.45) is 0. The van der Waals surface area contributed by atoms with E-state index in [9.17, 15) is 5.11 Å². The van der Waals surface area contributed by atoms with Gasteiger partial charge in [0.15, 0.2) is 0 Å². The first kappa shape index (κ1) is 8.89. The van der Waals surface area contributed by atoms with Gasteiger partial charge < -0.3 is 9.84 Å². The standard InChI is InChI=1S/C13H12O2/c14-8-13(9-15-13)12-7-3-5-10-4-1-2-6-11(10)12/h1-7,14H,8-9H2/t13-/m0/s1. The van der Waals surface area contributed by atoms with Gasteiger partial charge in [-0.15, -0.1) is 0 Å². The van der Waals surface area contributed by atoms with Crippen LogP contribution in [-0.2, 0) is 10.3 Å². The molecule has 1 N–H and O–H groups in total. The van der Waals surface area contributed by atoms with E-state index in [1.807, 2.05) is 24.3 Å². The molecule has 1 saturated heterocycles. The van der Waals surface area contributed by atoms with Crippen molar-refractivity contribution < 1.29 is 9.84 Å². The Morgan fingerprint density at radius 1 is 1.13 bits per heavy atom. The number of hydrogen-bond acceptors (Lipinski definition) is 2. The van der Waals surface area contributed by atoms with Crippen molar-refractivity contribution >= 4 is 10.8 Å². The van der Waals surface area contributed by atoms with Crippen LogP contribution < -0.4 is 0 Å². The van der Waals surface area contributed by atoms with E-state index in [4.69, 9.17) is 4.74 Å². The van der Waals surface area contributed by atoms with Gasteiger partial charge in [0.1, 0.15) is 5.60 Å². The van der Waals surface area contributed by atoms with Gasteiger partial charge in [0.2, 0.25) is 0 Å². The predicted octanol–water partition coefficient (Wildman–Crippen LogP) is 2.06. The van der Waals surface area contributed by atoms with E-state index < -0.39 is 5.60 Å². The Bertz CT molecular complexity index is 495. The Labute approximate surface area is 88.1 Å². The summed E-state index contributed by atoms with van der Waals surface area (Å²) < 4.78 is 5.39. The number of epoxide rings is 1. The lowest BCUT2D eigenvalue weighted by molar-refractivity contribution is 0.174. The van der Waals surface area contributed by atoms with Crippen molar-refractivity contribution in [3.8, 4) is 0 Å². The minimum atomic E-state index is -0.430. The predicted molar refractivity (Wildman–Crippen MR) is 58.7 cm³/mol. The molecule has 0 saturated carbocycles. The second kappa shape index (κ2) is 3.05. The van der Waals surface area contributed by atoms with Crippen molar-refractivity contribution in [3.05, 3.63) is 48.0 Å². The number of benzene rings is 2. The first-order chi connectivity index (χ1) is 7.36. The Balaban J connectivity index is 2.27. The van der Waals surface area contributed by atoms with Crippen LogP contribution in [0.1, 0.15) is 5.56 Å². The van der Waals surface area contributed by atoms with E-state index >= 15 is 0 Å². The van der Waals surface area contributed by atoms with Crippen LogP contribution in [0, 0.1) is 0 Å². The molecule has 0 spiro atoms. The van der Waals surface area contributed by atoms with Gasteiger partial charge >= 0.3 is 0 Å². The zero-order chi connectivity index (χ0) is 10.3. The second-order valence-corrected chi connectivity index (χ2v) is 3.97. The number of ether oxygens (including phenoxy) is 1. The average Bonchev–Trinajstić information content (AvgIpc) is 3.09. The average molecular weight is 200 g/mol. The van der Waals surface area contributed by atoms with E-state index in [-0.39, 0.29) is 6.61 Å². The summed E-state index contributed by atoms with van der Waals surface area (Å²) in [7, 11) is 0. The van der Waals surface area contributed by atoms with Crippen LogP contribution in [0.3, 0.4) is 0 Å². The van der Waals surface area contributed by atoms with Gasteiger partial charge in [0, 0.05) is 0 Å². The summed E-state index contributed by atoms with van der Waals surface area (Å²) in [5, 5.41) is 11.7. The van der Waals surface area contributed by atoms with Crippen molar-refractivity contribution in [1.29, 1.82) is 0 Å². The third kappa shape index (κ3) is 1.26. The number of fused-ring (bicyclic) bond motifs is 1. The first-order valence-corrected chi connectivity index (χ1v) is 5.09. The molecular formula is C13H12O2. The highest BCUT2D eigenvalue weighted by molar-refractivity contribution is 5.86. The molecule has 1 fully saturated rings. The molecule has 2 heteroatoms. The fourth-order valence-corrected chi connectivity index (χ4v) is 2.04. The molecule has 0 radical (unpaired) electrons. The smallest absolute Gasteiger partial charge is 0.140 e. The molecule has 0 unspecified atom stereocenters. The maximum atomic E-state index is 9.34. The fraction of sp³-hybridized carbons (Fsp3) is 0.231. The van der Waals surface area contributed by atoms with Crippen molar-refractivity contribution in [1.82, 2.24) is 0 Å². The van der Waals surface area contributed by atoms with Crippen molar-refractivity contribution in [2.45, 2.75) is 5.60 Å². The molecule has 0 aliphatic carbocycles. The molecule has 1 heterocycles. The van der Waals surface area contributed by atoms with E-state index in [1.54, 1.807) is 0 Å². The van der Waals surface area contributed by atoms with Gasteiger partial charge in [0.05, 0.1) is 13.2 Å². The normalized spacial score (nSPS) is 24.3. The van der Waals surface area contributed by atoms with Gasteiger partial charge in [-0.2, -0.15) is 0 Å². The molecule has 3 rings (SSSR count). The minimum absolute atomic E-state index is 0.0566. The SMILES string of the molecule is OC[C@@]1(c2cccc3ccccc23)CO1. The van der Waals surface area contributed by atoms with Crippen LogP contribution in [0.2, 0.25) is 0 Å². The zero-order valence-electron chi connectivity index (χ0n) is 8.31. The Hall–Kier alpha value is -1.38. The Kier molecular flexibility index (Phi) is 1.81. The molecule has 1 aliphatic heterocycles. The van der Waals surface area contributed by atoms with Crippen LogP contribution in [0.15, 0.2) is 42.5 Å². The number of rotatable bonds is 2.